The second-order valence-electron chi connectivity index (χ2n) is 3.27. The van der Waals surface area contributed by atoms with Crippen LogP contribution in [0.3, 0.4) is 0 Å². The molecule has 1 heterocycles. The third-order valence-corrected chi connectivity index (χ3v) is 2.36. The fourth-order valence-electron chi connectivity index (χ4n) is 1.23. The van der Waals surface area contributed by atoms with Crippen LogP contribution in [0, 0.1) is 0 Å². The van der Waals surface area contributed by atoms with Crippen LogP contribution in [0.4, 0.5) is 39.5 Å². The fourth-order valence-corrected chi connectivity index (χ4v) is 1.23. The Balaban J connectivity index is 3.43. The van der Waals surface area contributed by atoms with Gasteiger partial charge in [0.1, 0.15) is 0 Å². The van der Waals surface area contributed by atoms with Gasteiger partial charge in [0.15, 0.2) is 6.80 Å². The summed E-state index contributed by atoms with van der Waals surface area (Å²) < 4.78 is 114. The highest BCUT2D eigenvalue weighted by Crippen LogP contribution is 2.56. The van der Waals surface area contributed by atoms with E-state index in [9.17, 15) is 39.5 Å². The van der Waals surface area contributed by atoms with Crippen LogP contribution >= 0.6 is 0 Å². The number of hydrogen-bond donors (Lipinski definition) is 0. The van der Waals surface area contributed by atoms with Gasteiger partial charge in [0.2, 0.25) is 0 Å². The summed E-state index contributed by atoms with van der Waals surface area (Å²) in [6.45, 7) is -2.86. The first-order valence-electron chi connectivity index (χ1n) is 3.94. The molecule has 0 saturated carbocycles. The molecule has 0 aromatic rings. The molecule has 2 nitrogen and oxygen atoms in total. The molecule has 0 spiro atoms. The van der Waals surface area contributed by atoms with E-state index in [-0.39, 0.29) is 7.05 Å². The van der Waals surface area contributed by atoms with E-state index in [1.165, 1.54) is 0 Å². The van der Waals surface area contributed by atoms with Gasteiger partial charge >= 0.3 is 24.2 Å². The van der Waals surface area contributed by atoms with Gasteiger partial charge in [0, 0.05) is 0 Å². The van der Waals surface area contributed by atoms with E-state index in [2.05, 4.69) is 0 Å². The Morgan fingerprint density at radius 1 is 0.706 bits per heavy atom. The first-order chi connectivity index (χ1) is 7.35. The van der Waals surface area contributed by atoms with E-state index >= 15 is 0 Å². The van der Waals surface area contributed by atoms with Crippen molar-refractivity contribution >= 4 is 0 Å². The van der Waals surface area contributed by atoms with E-state index in [1.807, 2.05) is 0 Å². The number of halogens is 9. The van der Waals surface area contributed by atoms with E-state index in [0.717, 1.165) is 0 Å². The van der Waals surface area contributed by atoms with Gasteiger partial charge in [-0.3, -0.25) is 0 Å². The van der Waals surface area contributed by atoms with Gasteiger partial charge in [-0.25, -0.2) is 4.39 Å². The van der Waals surface area contributed by atoms with Gasteiger partial charge in [0.05, 0.1) is 0 Å². The highest BCUT2D eigenvalue weighted by atomic mass is 19.3. The first-order valence-corrected chi connectivity index (χ1v) is 3.94. The number of nitrogens with zero attached hydrogens (tertiary/aromatic N) is 2. The van der Waals surface area contributed by atoms with Crippen LogP contribution in [0.25, 0.3) is 0 Å². The summed E-state index contributed by atoms with van der Waals surface area (Å²) >= 11 is 0. The van der Waals surface area contributed by atoms with Crippen molar-refractivity contribution < 1.29 is 39.5 Å². The largest absolute Gasteiger partial charge is 0.389 e. The quantitative estimate of drug-likeness (QED) is 0.536. The summed E-state index contributed by atoms with van der Waals surface area (Å²) in [5.41, 5.74) is 0. The van der Waals surface area contributed by atoms with E-state index in [4.69, 9.17) is 0 Å². The van der Waals surface area contributed by atoms with E-state index in [0.29, 0.717) is 0 Å². The standard InChI is InChI=1S/C6H5F9N2/c1-16-3(8,9)5(12,13)17(2-7)6(14,15)4(16,10)11/h2H2,1H3. The molecule has 1 saturated heterocycles. The molecule has 1 fully saturated rings. The van der Waals surface area contributed by atoms with Gasteiger partial charge < -0.3 is 0 Å². The number of rotatable bonds is 1. The fraction of sp³-hybridized carbons (Fsp3) is 1.00. The van der Waals surface area contributed by atoms with E-state index in [1.54, 1.807) is 0 Å². The Morgan fingerprint density at radius 3 is 1.24 bits per heavy atom. The van der Waals surface area contributed by atoms with Crippen LogP contribution in [-0.2, 0) is 0 Å². The van der Waals surface area contributed by atoms with Crippen molar-refractivity contribution in [3.8, 4) is 0 Å². The molecule has 0 N–H and O–H groups in total. The average molecular weight is 276 g/mol. The lowest BCUT2D eigenvalue weighted by Crippen LogP contribution is -2.79. The first kappa shape index (κ1) is 14.4. The maximum absolute atomic E-state index is 12.8. The minimum Gasteiger partial charge on any atom is -0.233 e. The topological polar surface area (TPSA) is 6.48 Å². The lowest BCUT2D eigenvalue weighted by atomic mass is 10.2. The Hall–Kier alpha value is -0.710. The van der Waals surface area contributed by atoms with Crippen LogP contribution in [0.15, 0.2) is 0 Å². The zero-order valence-corrected chi connectivity index (χ0v) is 8.00. The summed E-state index contributed by atoms with van der Waals surface area (Å²) in [4.78, 5) is -3.94. The molecule has 0 aromatic heterocycles. The van der Waals surface area contributed by atoms with Crippen LogP contribution < -0.4 is 0 Å². The minimum atomic E-state index is -5.78. The van der Waals surface area contributed by atoms with Crippen molar-refractivity contribution in [1.29, 1.82) is 0 Å². The van der Waals surface area contributed by atoms with Crippen LogP contribution in [0.1, 0.15) is 0 Å². The van der Waals surface area contributed by atoms with E-state index < -0.39 is 40.8 Å². The molecule has 0 atom stereocenters. The Bertz CT molecular complexity index is 287. The van der Waals surface area contributed by atoms with Crippen LogP contribution in [-0.4, -0.2) is 47.8 Å². The summed E-state index contributed by atoms with van der Waals surface area (Å²) in [6.07, 6.45) is 0. The number of alkyl halides is 9. The Kier molecular flexibility index (Phi) is 2.87. The highest BCUT2D eigenvalue weighted by Gasteiger charge is 2.83. The smallest absolute Gasteiger partial charge is 0.233 e. The molecular weight excluding hydrogens is 271 g/mol. The predicted molar refractivity (Wildman–Crippen MR) is 35.4 cm³/mol. The molecule has 0 aromatic carbocycles. The number of piperazine rings is 1. The summed E-state index contributed by atoms with van der Waals surface area (Å²) in [5.74, 6) is 0. The molecule has 0 amide bonds. The third-order valence-electron chi connectivity index (χ3n) is 2.36. The summed E-state index contributed by atoms with van der Waals surface area (Å²) in [7, 11) is -0.308. The highest BCUT2D eigenvalue weighted by molar-refractivity contribution is 5.00. The molecule has 0 bridgehead atoms. The molecular formula is C6H5F9N2. The molecule has 1 rings (SSSR count). The summed E-state index contributed by atoms with van der Waals surface area (Å²) in [5, 5.41) is 0. The second kappa shape index (κ2) is 3.40. The molecule has 1 aliphatic heterocycles. The van der Waals surface area contributed by atoms with Gasteiger partial charge in [0.25, 0.3) is 0 Å². The molecule has 0 aliphatic carbocycles. The summed E-state index contributed by atoms with van der Waals surface area (Å²) in [6, 6.07) is -22.8. The van der Waals surface area contributed by atoms with Gasteiger partial charge in [-0.1, -0.05) is 0 Å². The second-order valence-corrected chi connectivity index (χ2v) is 3.27. The van der Waals surface area contributed by atoms with Crippen molar-refractivity contribution in [1.82, 2.24) is 9.80 Å². The monoisotopic (exact) mass is 276 g/mol. The zero-order chi connectivity index (χ0) is 13.9. The van der Waals surface area contributed by atoms with Crippen LogP contribution in [0.5, 0.6) is 0 Å². The molecule has 0 radical (unpaired) electrons. The van der Waals surface area contributed by atoms with Crippen LogP contribution in [0.2, 0.25) is 0 Å². The maximum Gasteiger partial charge on any atom is 0.389 e. The number of likely N-dealkylation sites (N-methyl/N-ethyl adjacent to an activating group) is 1. The van der Waals surface area contributed by atoms with Gasteiger partial charge in [-0.05, 0) is 7.05 Å². The SMILES string of the molecule is CN1C(F)(F)C(F)(F)N(CF)C(F)(F)C1(F)F. The maximum atomic E-state index is 12.8. The van der Waals surface area contributed by atoms with Crippen molar-refractivity contribution in [3.05, 3.63) is 0 Å². The van der Waals surface area contributed by atoms with Crippen molar-refractivity contribution in [2.75, 3.05) is 13.8 Å². The van der Waals surface area contributed by atoms with Gasteiger partial charge in [-0.15, -0.1) is 4.90 Å². The van der Waals surface area contributed by atoms with Crippen molar-refractivity contribution in [2.24, 2.45) is 0 Å². The number of hydrogen-bond acceptors (Lipinski definition) is 2. The molecule has 102 valence electrons. The zero-order valence-electron chi connectivity index (χ0n) is 8.00. The predicted octanol–water partition coefficient (Wildman–Crippen LogP) is 2.53. The lowest BCUT2D eigenvalue weighted by Gasteiger charge is -2.51. The molecule has 0 unspecified atom stereocenters. The average Bonchev–Trinajstić information content (AvgIpc) is 2.14. The Morgan fingerprint density at radius 2 is 1.00 bits per heavy atom. The molecule has 17 heavy (non-hydrogen) atoms. The molecule has 11 heteroatoms. The van der Waals surface area contributed by atoms with Crippen molar-refractivity contribution in [2.45, 2.75) is 24.2 Å². The third kappa shape index (κ3) is 1.44. The lowest BCUT2D eigenvalue weighted by molar-refractivity contribution is -0.505. The van der Waals surface area contributed by atoms with Crippen molar-refractivity contribution in [3.63, 3.8) is 0 Å². The molecule has 1 aliphatic rings. The normalized spacial score (nSPS) is 31.4. The Labute approximate surface area is 88.6 Å². The van der Waals surface area contributed by atoms with Gasteiger partial charge in [-0.2, -0.15) is 40.0 Å². The minimum absolute atomic E-state index is 0.308.